The van der Waals surface area contributed by atoms with E-state index >= 15 is 0 Å². The molecule has 0 spiro atoms. The maximum atomic E-state index is 14.8. The van der Waals surface area contributed by atoms with Crippen molar-refractivity contribution < 1.29 is 39.5 Å². The molecule has 9 aromatic carbocycles. The average molecular weight is 942 g/mol. The molecule has 12 rings (SSSR count). The van der Waals surface area contributed by atoms with Crippen molar-refractivity contribution in [3.8, 4) is 27.9 Å². The van der Waals surface area contributed by atoms with Crippen molar-refractivity contribution in [3.63, 3.8) is 0 Å². The quantitative estimate of drug-likeness (QED) is 0.126. The van der Waals surface area contributed by atoms with E-state index in [9.17, 15) is 39.5 Å². The van der Waals surface area contributed by atoms with Crippen LogP contribution >= 0.6 is 0 Å². The minimum absolute atomic E-state index is 0.0549. The molecule has 3 nitrogen and oxygen atoms in total. The molecule has 0 saturated carbocycles. The molecule has 0 atom stereocenters. The van der Waals surface area contributed by atoms with Gasteiger partial charge in [-0.05, 0) is 130 Å². The molecule has 0 radical (unpaired) electrons. The first kappa shape index (κ1) is 43.1. The molecular formula is C57H33BF9N3. The summed E-state index contributed by atoms with van der Waals surface area (Å²) in [6.07, 6.45) is -15.5. The SMILES string of the molecule is FC(F)(F)c1ccc(-n2c3ccccc3c3cc(-c4cc5c6c(c4)N(c4ccccc4)c4ccccc4B6c4ccccc4N5c4ccccc4)ccc32)c(-c2ccc(C(F)(F)F)cc2C(F)(F)F)c1. The van der Waals surface area contributed by atoms with Gasteiger partial charge in [-0.25, -0.2) is 0 Å². The van der Waals surface area contributed by atoms with Crippen LogP contribution in [0.1, 0.15) is 16.7 Å². The zero-order chi connectivity index (χ0) is 48.3. The number of nitrogens with zero attached hydrogens (tertiary/aromatic N) is 3. The van der Waals surface area contributed by atoms with E-state index in [1.165, 1.54) is 0 Å². The Morgan fingerprint density at radius 2 is 0.857 bits per heavy atom. The van der Waals surface area contributed by atoms with Crippen LogP contribution in [-0.2, 0) is 18.5 Å². The molecule has 2 aliphatic rings. The van der Waals surface area contributed by atoms with E-state index in [0.29, 0.717) is 40.0 Å². The molecule has 1 aromatic heterocycles. The summed E-state index contributed by atoms with van der Waals surface area (Å²) in [7, 11) is 0. The summed E-state index contributed by atoms with van der Waals surface area (Å²) in [6, 6.07) is 57.4. The first-order chi connectivity index (χ1) is 33.6. The Kier molecular flexibility index (Phi) is 9.66. The van der Waals surface area contributed by atoms with Crippen molar-refractivity contribution in [1.29, 1.82) is 0 Å². The van der Waals surface area contributed by atoms with Gasteiger partial charge in [0.2, 0.25) is 0 Å². The number of anilines is 6. The van der Waals surface area contributed by atoms with E-state index in [0.717, 1.165) is 73.8 Å². The van der Waals surface area contributed by atoms with E-state index in [-0.39, 0.29) is 18.5 Å². The number of hydrogen-bond acceptors (Lipinski definition) is 2. The normalized spacial score (nSPS) is 13.4. The predicted molar refractivity (Wildman–Crippen MR) is 261 cm³/mol. The molecule has 0 aliphatic carbocycles. The van der Waals surface area contributed by atoms with Crippen molar-refractivity contribution in [2.24, 2.45) is 0 Å². The molecule has 2 aliphatic heterocycles. The van der Waals surface area contributed by atoms with E-state index < -0.39 is 46.3 Å². The summed E-state index contributed by atoms with van der Waals surface area (Å²) < 4.78 is 131. The number of rotatable bonds is 5. The Morgan fingerprint density at radius 3 is 1.44 bits per heavy atom. The molecule has 10 aromatic rings. The third-order valence-corrected chi connectivity index (χ3v) is 13.4. The second kappa shape index (κ2) is 15.7. The smallest absolute Gasteiger partial charge is 0.311 e. The molecule has 0 bridgehead atoms. The molecular weight excluding hydrogens is 908 g/mol. The predicted octanol–water partition coefficient (Wildman–Crippen LogP) is 15.3. The maximum absolute atomic E-state index is 14.8. The summed E-state index contributed by atoms with van der Waals surface area (Å²) in [5.74, 6) is 0. The second-order valence-corrected chi connectivity index (χ2v) is 17.4. The molecule has 0 amide bonds. The first-order valence-corrected chi connectivity index (χ1v) is 22.3. The lowest BCUT2D eigenvalue weighted by molar-refractivity contribution is -0.142. The van der Waals surface area contributed by atoms with Crippen molar-refractivity contribution >= 4 is 79.0 Å². The minimum Gasteiger partial charge on any atom is -0.311 e. The Hall–Kier alpha value is -8.19. The number of alkyl halides is 9. The van der Waals surface area contributed by atoms with Crippen LogP contribution in [0.2, 0.25) is 0 Å². The van der Waals surface area contributed by atoms with Gasteiger partial charge in [0, 0.05) is 50.5 Å². The van der Waals surface area contributed by atoms with Gasteiger partial charge < -0.3 is 14.4 Å². The van der Waals surface area contributed by atoms with Gasteiger partial charge in [0.05, 0.1) is 33.4 Å². The Morgan fingerprint density at radius 1 is 0.343 bits per heavy atom. The molecule has 0 saturated heterocycles. The zero-order valence-corrected chi connectivity index (χ0v) is 36.4. The highest BCUT2D eigenvalue weighted by Gasteiger charge is 2.44. The fourth-order valence-electron chi connectivity index (χ4n) is 10.5. The summed E-state index contributed by atoms with van der Waals surface area (Å²) in [5, 5.41) is 1.29. The van der Waals surface area contributed by atoms with Crippen molar-refractivity contribution in [2.45, 2.75) is 18.5 Å². The zero-order valence-electron chi connectivity index (χ0n) is 36.4. The van der Waals surface area contributed by atoms with Crippen LogP contribution in [0, 0.1) is 0 Å². The van der Waals surface area contributed by atoms with Crippen LogP contribution in [-0.4, -0.2) is 11.3 Å². The largest absolute Gasteiger partial charge is 0.417 e. The molecule has 0 N–H and O–H groups in total. The fraction of sp³-hybridized carbons (Fsp3) is 0.0526. The average Bonchev–Trinajstić information content (AvgIpc) is 3.69. The maximum Gasteiger partial charge on any atom is 0.417 e. The van der Waals surface area contributed by atoms with Gasteiger partial charge in [-0.3, -0.25) is 0 Å². The third-order valence-electron chi connectivity index (χ3n) is 13.4. The van der Waals surface area contributed by atoms with Gasteiger partial charge in [-0.1, -0.05) is 103 Å². The third kappa shape index (κ3) is 6.85. The lowest BCUT2D eigenvalue weighted by atomic mass is 9.33. The summed E-state index contributed by atoms with van der Waals surface area (Å²) in [4.78, 5) is 4.55. The van der Waals surface area contributed by atoms with Crippen LogP contribution in [0.25, 0.3) is 49.7 Å². The molecule has 0 fully saturated rings. The van der Waals surface area contributed by atoms with Crippen molar-refractivity contribution in [1.82, 2.24) is 4.57 Å². The standard InChI is InChI=1S/C57H33BF9N3/c59-55(60,61)36-25-28-49(43(32-36)40-26-24-37(56(62,63)64)33-44(40)57(65,66)67)70-47-20-10-7-17-41(47)42-29-34(23-27-48(42)70)35-30-52-54-53(31-35)69(39-15-5-2-6-16-39)51-22-12-9-19-46(51)58(54)45-18-8-11-21-50(45)68(52)38-13-3-1-4-14-38/h1-33H. The number of hydrogen-bond donors (Lipinski definition) is 0. The number of halogens is 9. The second-order valence-electron chi connectivity index (χ2n) is 17.4. The van der Waals surface area contributed by atoms with Crippen LogP contribution in [0.3, 0.4) is 0 Å². The van der Waals surface area contributed by atoms with Gasteiger partial charge in [0.1, 0.15) is 0 Å². The van der Waals surface area contributed by atoms with E-state index in [1.54, 1.807) is 28.8 Å². The lowest BCUT2D eigenvalue weighted by Gasteiger charge is -2.44. The summed E-state index contributed by atoms with van der Waals surface area (Å²) in [6.45, 7) is -0.132. The molecule has 3 heterocycles. The van der Waals surface area contributed by atoms with Crippen molar-refractivity contribution in [3.05, 3.63) is 217 Å². The Bertz CT molecular complexity index is 3600. The minimum atomic E-state index is -5.36. The van der Waals surface area contributed by atoms with Crippen LogP contribution < -0.4 is 26.2 Å². The number of benzene rings is 9. The monoisotopic (exact) mass is 941 g/mol. The Balaban J connectivity index is 1.12. The lowest BCUT2D eigenvalue weighted by Crippen LogP contribution is -2.61. The number of fused-ring (bicyclic) bond motifs is 7. The highest BCUT2D eigenvalue weighted by Crippen LogP contribution is 2.49. The van der Waals surface area contributed by atoms with Gasteiger partial charge in [-0.2, -0.15) is 39.5 Å². The van der Waals surface area contributed by atoms with E-state index in [4.69, 9.17) is 0 Å². The summed E-state index contributed by atoms with van der Waals surface area (Å²) >= 11 is 0. The molecule has 13 heteroatoms. The Labute approximate surface area is 395 Å². The molecule has 342 valence electrons. The van der Waals surface area contributed by atoms with Gasteiger partial charge in [0.15, 0.2) is 0 Å². The topological polar surface area (TPSA) is 11.4 Å². The number of para-hydroxylation sites is 5. The molecule has 0 unspecified atom stereocenters. The van der Waals surface area contributed by atoms with Gasteiger partial charge in [-0.15, -0.1) is 0 Å². The van der Waals surface area contributed by atoms with Gasteiger partial charge >= 0.3 is 18.5 Å². The van der Waals surface area contributed by atoms with Crippen molar-refractivity contribution in [2.75, 3.05) is 9.80 Å². The van der Waals surface area contributed by atoms with E-state index in [1.807, 2.05) is 66.7 Å². The fourth-order valence-corrected chi connectivity index (χ4v) is 10.5. The van der Waals surface area contributed by atoms with E-state index in [2.05, 4.69) is 82.6 Å². The highest BCUT2D eigenvalue weighted by atomic mass is 19.4. The van der Waals surface area contributed by atoms with Crippen LogP contribution in [0.4, 0.5) is 73.6 Å². The van der Waals surface area contributed by atoms with Crippen LogP contribution in [0.15, 0.2) is 200 Å². The first-order valence-electron chi connectivity index (χ1n) is 22.3. The van der Waals surface area contributed by atoms with Gasteiger partial charge in [0.25, 0.3) is 6.71 Å². The summed E-state index contributed by atoms with van der Waals surface area (Å²) in [5.41, 5.74) is 5.71. The molecule has 70 heavy (non-hydrogen) atoms. The van der Waals surface area contributed by atoms with Crippen LogP contribution in [0.5, 0.6) is 0 Å². The highest BCUT2D eigenvalue weighted by molar-refractivity contribution is 7.00. The number of aromatic nitrogens is 1.